The molecule has 2 nitrogen and oxygen atoms in total. The van der Waals surface area contributed by atoms with Gasteiger partial charge in [0.05, 0.1) is 12.2 Å². The average Bonchev–Trinajstić information content (AvgIpc) is 2.31. The molecule has 0 amide bonds. The van der Waals surface area contributed by atoms with E-state index in [2.05, 4.69) is 27.7 Å². The lowest BCUT2D eigenvalue weighted by atomic mass is 9.63. The number of aliphatic hydroxyl groups is 2. The van der Waals surface area contributed by atoms with Crippen molar-refractivity contribution in [2.24, 2.45) is 35.5 Å². The molecule has 0 aromatic carbocycles. The van der Waals surface area contributed by atoms with Gasteiger partial charge in [-0.05, 0) is 61.2 Å². The highest BCUT2D eigenvalue weighted by Crippen LogP contribution is 2.45. The number of hydrogen-bond donors (Lipinski definition) is 2. The molecule has 2 heteroatoms. The van der Waals surface area contributed by atoms with Gasteiger partial charge in [0.15, 0.2) is 0 Å². The summed E-state index contributed by atoms with van der Waals surface area (Å²) >= 11 is 0. The lowest BCUT2D eigenvalue weighted by Crippen LogP contribution is -2.41. The SMILES string of the molecule is CC1CC(C2CC(C)C(O)C(C)C2)CC(C)C1O. The van der Waals surface area contributed by atoms with Gasteiger partial charge in [0, 0.05) is 0 Å². The molecule has 2 aliphatic carbocycles. The van der Waals surface area contributed by atoms with E-state index in [1.54, 1.807) is 0 Å². The Hall–Kier alpha value is -0.0800. The van der Waals surface area contributed by atoms with E-state index in [-0.39, 0.29) is 12.2 Å². The van der Waals surface area contributed by atoms with E-state index in [0.29, 0.717) is 23.7 Å². The van der Waals surface area contributed by atoms with E-state index >= 15 is 0 Å². The molecule has 18 heavy (non-hydrogen) atoms. The van der Waals surface area contributed by atoms with E-state index < -0.39 is 0 Å². The topological polar surface area (TPSA) is 40.5 Å². The van der Waals surface area contributed by atoms with Crippen LogP contribution in [-0.2, 0) is 0 Å². The lowest BCUT2D eigenvalue weighted by Gasteiger charge is -2.44. The Labute approximate surface area is 112 Å². The van der Waals surface area contributed by atoms with Crippen molar-refractivity contribution in [2.75, 3.05) is 0 Å². The summed E-state index contributed by atoms with van der Waals surface area (Å²) in [5.41, 5.74) is 0. The van der Waals surface area contributed by atoms with Crippen LogP contribution in [0, 0.1) is 35.5 Å². The van der Waals surface area contributed by atoms with E-state index in [9.17, 15) is 10.2 Å². The molecule has 0 aromatic rings. The van der Waals surface area contributed by atoms with E-state index in [1.165, 1.54) is 25.7 Å². The maximum atomic E-state index is 10.1. The maximum Gasteiger partial charge on any atom is 0.0591 e. The van der Waals surface area contributed by atoms with Crippen LogP contribution in [0.15, 0.2) is 0 Å². The third kappa shape index (κ3) is 2.75. The Bertz CT molecular complexity index is 226. The molecule has 2 fully saturated rings. The van der Waals surface area contributed by atoms with Gasteiger partial charge in [0.25, 0.3) is 0 Å². The van der Waals surface area contributed by atoms with Crippen molar-refractivity contribution in [3.63, 3.8) is 0 Å². The zero-order valence-corrected chi connectivity index (χ0v) is 12.3. The van der Waals surface area contributed by atoms with Gasteiger partial charge in [0.1, 0.15) is 0 Å². The normalized spacial score (nSPS) is 54.3. The van der Waals surface area contributed by atoms with Gasteiger partial charge >= 0.3 is 0 Å². The molecule has 0 aromatic heterocycles. The zero-order valence-electron chi connectivity index (χ0n) is 12.3. The monoisotopic (exact) mass is 254 g/mol. The van der Waals surface area contributed by atoms with Crippen LogP contribution in [0.4, 0.5) is 0 Å². The van der Waals surface area contributed by atoms with Crippen LogP contribution in [-0.4, -0.2) is 22.4 Å². The standard InChI is InChI=1S/C16H30O2/c1-9-5-13(6-10(2)15(9)17)14-7-11(3)16(18)12(4)8-14/h9-18H,5-8H2,1-4H3. The summed E-state index contributed by atoms with van der Waals surface area (Å²) in [7, 11) is 0. The molecule has 106 valence electrons. The smallest absolute Gasteiger partial charge is 0.0591 e. The highest BCUT2D eigenvalue weighted by molar-refractivity contribution is 4.90. The average molecular weight is 254 g/mol. The molecule has 0 aliphatic heterocycles. The molecule has 4 unspecified atom stereocenters. The van der Waals surface area contributed by atoms with Crippen molar-refractivity contribution >= 4 is 0 Å². The Balaban J connectivity index is 2.00. The van der Waals surface area contributed by atoms with Crippen LogP contribution < -0.4 is 0 Å². The second-order valence-corrected chi connectivity index (χ2v) is 7.35. The summed E-state index contributed by atoms with van der Waals surface area (Å²) in [6.07, 6.45) is 4.48. The fourth-order valence-corrected chi connectivity index (χ4v) is 4.55. The molecule has 0 heterocycles. The van der Waals surface area contributed by atoms with Gasteiger partial charge in [-0.25, -0.2) is 0 Å². The van der Waals surface area contributed by atoms with Crippen LogP contribution in [0.25, 0.3) is 0 Å². The molecule has 2 saturated carbocycles. The summed E-state index contributed by atoms with van der Waals surface area (Å²) in [4.78, 5) is 0. The maximum absolute atomic E-state index is 10.1. The second kappa shape index (κ2) is 5.50. The quantitative estimate of drug-likeness (QED) is 0.755. The molecule has 2 rings (SSSR count). The molecular formula is C16H30O2. The Morgan fingerprint density at radius 2 is 0.778 bits per heavy atom. The van der Waals surface area contributed by atoms with Crippen molar-refractivity contribution in [2.45, 2.75) is 65.6 Å². The van der Waals surface area contributed by atoms with Gasteiger partial charge in [0.2, 0.25) is 0 Å². The van der Waals surface area contributed by atoms with Gasteiger partial charge < -0.3 is 10.2 Å². The van der Waals surface area contributed by atoms with Crippen LogP contribution >= 0.6 is 0 Å². The van der Waals surface area contributed by atoms with Crippen molar-refractivity contribution in [1.82, 2.24) is 0 Å². The van der Waals surface area contributed by atoms with Crippen molar-refractivity contribution in [3.05, 3.63) is 0 Å². The fraction of sp³-hybridized carbons (Fsp3) is 1.00. The van der Waals surface area contributed by atoms with Gasteiger partial charge in [-0.3, -0.25) is 0 Å². The summed E-state index contributed by atoms with van der Waals surface area (Å²) in [5.74, 6) is 3.28. The van der Waals surface area contributed by atoms with Gasteiger partial charge in [-0.15, -0.1) is 0 Å². The summed E-state index contributed by atoms with van der Waals surface area (Å²) in [6.45, 7) is 8.77. The predicted molar refractivity (Wildman–Crippen MR) is 74.1 cm³/mol. The molecule has 4 atom stereocenters. The van der Waals surface area contributed by atoms with Crippen LogP contribution in [0.2, 0.25) is 0 Å². The first-order chi connectivity index (χ1) is 8.40. The number of aliphatic hydroxyl groups excluding tert-OH is 2. The van der Waals surface area contributed by atoms with E-state index in [1.807, 2.05) is 0 Å². The van der Waals surface area contributed by atoms with E-state index in [4.69, 9.17) is 0 Å². The van der Waals surface area contributed by atoms with Crippen LogP contribution in [0.5, 0.6) is 0 Å². The second-order valence-electron chi connectivity index (χ2n) is 7.35. The minimum atomic E-state index is -0.106. The van der Waals surface area contributed by atoms with Gasteiger partial charge in [-0.2, -0.15) is 0 Å². The summed E-state index contributed by atoms with van der Waals surface area (Å²) < 4.78 is 0. The molecule has 0 bridgehead atoms. The van der Waals surface area contributed by atoms with Gasteiger partial charge in [-0.1, -0.05) is 27.7 Å². The largest absolute Gasteiger partial charge is 0.393 e. The highest BCUT2D eigenvalue weighted by atomic mass is 16.3. The highest BCUT2D eigenvalue weighted by Gasteiger charge is 2.40. The summed E-state index contributed by atoms with van der Waals surface area (Å²) in [6, 6.07) is 0. The molecule has 2 N–H and O–H groups in total. The van der Waals surface area contributed by atoms with Crippen LogP contribution in [0.1, 0.15) is 53.4 Å². The van der Waals surface area contributed by atoms with Crippen molar-refractivity contribution in [3.8, 4) is 0 Å². The minimum absolute atomic E-state index is 0.106. The first-order valence-corrected chi connectivity index (χ1v) is 7.76. The third-order valence-corrected chi connectivity index (χ3v) is 5.70. The molecule has 0 radical (unpaired) electrons. The van der Waals surface area contributed by atoms with Crippen LogP contribution in [0.3, 0.4) is 0 Å². The first kappa shape index (κ1) is 14.3. The van der Waals surface area contributed by atoms with Crippen molar-refractivity contribution < 1.29 is 10.2 Å². The Morgan fingerprint density at radius 3 is 1.00 bits per heavy atom. The fourth-order valence-electron chi connectivity index (χ4n) is 4.55. The first-order valence-electron chi connectivity index (χ1n) is 7.76. The molecule has 0 spiro atoms. The molecular weight excluding hydrogens is 224 g/mol. The summed E-state index contributed by atoms with van der Waals surface area (Å²) in [5, 5.41) is 20.1. The minimum Gasteiger partial charge on any atom is -0.393 e. The Morgan fingerprint density at radius 1 is 0.556 bits per heavy atom. The van der Waals surface area contributed by atoms with E-state index in [0.717, 1.165) is 11.8 Å². The number of rotatable bonds is 1. The predicted octanol–water partition coefficient (Wildman–Crippen LogP) is 3.07. The zero-order chi connectivity index (χ0) is 13.4. The number of hydrogen-bond acceptors (Lipinski definition) is 2. The molecule has 0 saturated heterocycles. The Kier molecular flexibility index (Phi) is 4.38. The molecule has 2 aliphatic rings. The third-order valence-electron chi connectivity index (χ3n) is 5.70. The lowest BCUT2D eigenvalue weighted by molar-refractivity contribution is -0.0397. The van der Waals surface area contributed by atoms with Crippen molar-refractivity contribution in [1.29, 1.82) is 0 Å².